The maximum Gasteiger partial charge on any atom is 0.415 e. The summed E-state index contributed by atoms with van der Waals surface area (Å²) in [6.45, 7) is 2.14. The first-order valence-electron chi connectivity index (χ1n) is 13.9. The Hall–Kier alpha value is -4.53. The molecule has 2 saturated heterocycles. The third-order valence-electron chi connectivity index (χ3n) is 8.01. The van der Waals surface area contributed by atoms with E-state index >= 15 is 0 Å². The van der Waals surface area contributed by atoms with Crippen LogP contribution in [0.2, 0.25) is 0 Å². The number of hydrogen-bond acceptors (Lipinski definition) is 4. The molecule has 210 valence electrons. The van der Waals surface area contributed by atoms with E-state index in [-0.39, 0.29) is 29.3 Å². The molecular weight excluding hydrogens is 526 g/mol. The minimum atomic E-state index is -0.498. The van der Waals surface area contributed by atoms with Crippen molar-refractivity contribution in [2.75, 3.05) is 26.2 Å². The smallest absolute Gasteiger partial charge is 0.410 e. The lowest BCUT2D eigenvalue weighted by molar-refractivity contribution is 0.0787. The van der Waals surface area contributed by atoms with E-state index in [1.807, 2.05) is 23.1 Å². The van der Waals surface area contributed by atoms with Gasteiger partial charge in [0, 0.05) is 38.0 Å². The van der Waals surface area contributed by atoms with Gasteiger partial charge in [-0.3, -0.25) is 4.79 Å². The van der Waals surface area contributed by atoms with Gasteiger partial charge >= 0.3 is 6.09 Å². The van der Waals surface area contributed by atoms with Crippen molar-refractivity contribution in [1.29, 1.82) is 0 Å². The number of rotatable bonds is 5. The van der Waals surface area contributed by atoms with Crippen molar-refractivity contribution in [3.05, 3.63) is 114 Å². The van der Waals surface area contributed by atoms with E-state index in [0.29, 0.717) is 50.3 Å². The molecule has 0 radical (unpaired) electrons. The molecule has 2 amide bonds. The average Bonchev–Trinajstić information content (AvgIpc) is 3.68. The van der Waals surface area contributed by atoms with Gasteiger partial charge in [-0.2, -0.15) is 5.10 Å². The van der Waals surface area contributed by atoms with Crippen LogP contribution >= 0.6 is 0 Å². The van der Waals surface area contributed by atoms with Crippen molar-refractivity contribution in [2.45, 2.75) is 31.1 Å². The number of piperidine rings is 1. The first kappa shape index (κ1) is 26.7. The fourth-order valence-corrected chi connectivity index (χ4v) is 5.82. The highest BCUT2D eigenvalue weighted by atomic mass is 19.1. The summed E-state index contributed by atoms with van der Waals surface area (Å²) in [4.78, 5) is 30.2. The van der Waals surface area contributed by atoms with Crippen LogP contribution in [0.25, 0.3) is 5.69 Å². The molecule has 0 unspecified atom stereocenters. The number of carbonyl (C=O) groups is 2. The van der Waals surface area contributed by atoms with E-state index in [9.17, 15) is 18.4 Å². The molecule has 0 saturated carbocycles. The van der Waals surface area contributed by atoms with Crippen molar-refractivity contribution < 1.29 is 23.1 Å². The van der Waals surface area contributed by atoms with Gasteiger partial charge < -0.3 is 14.5 Å². The minimum Gasteiger partial charge on any atom is -0.410 e. The van der Waals surface area contributed by atoms with Crippen LogP contribution in [0, 0.1) is 11.6 Å². The first-order valence-corrected chi connectivity index (χ1v) is 13.9. The van der Waals surface area contributed by atoms with E-state index in [2.05, 4.69) is 17.2 Å². The molecule has 1 atom stereocenters. The van der Waals surface area contributed by atoms with Crippen molar-refractivity contribution in [3.63, 3.8) is 0 Å². The highest BCUT2D eigenvalue weighted by Crippen LogP contribution is 2.35. The van der Waals surface area contributed by atoms with Gasteiger partial charge in [-0.05, 0) is 73.4 Å². The molecule has 2 fully saturated rings. The Balaban J connectivity index is 1.21. The summed E-state index contributed by atoms with van der Waals surface area (Å²) in [6, 6.07) is 21.6. The zero-order valence-corrected chi connectivity index (χ0v) is 22.5. The Morgan fingerprint density at radius 3 is 2.05 bits per heavy atom. The highest BCUT2D eigenvalue weighted by molar-refractivity contribution is 5.95. The largest absolute Gasteiger partial charge is 0.415 e. The van der Waals surface area contributed by atoms with E-state index in [0.717, 1.165) is 12.1 Å². The molecule has 3 heterocycles. The zero-order chi connectivity index (χ0) is 28.3. The summed E-state index contributed by atoms with van der Waals surface area (Å²) in [7, 11) is 0. The molecule has 1 aromatic heterocycles. The van der Waals surface area contributed by atoms with Crippen molar-refractivity contribution in [2.24, 2.45) is 0 Å². The van der Waals surface area contributed by atoms with Gasteiger partial charge in [-0.15, -0.1) is 0 Å². The first-order chi connectivity index (χ1) is 20.0. The summed E-state index contributed by atoms with van der Waals surface area (Å²) < 4.78 is 34.1. The molecule has 7 nitrogen and oxygen atoms in total. The minimum absolute atomic E-state index is 0.0519. The number of benzene rings is 3. The van der Waals surface area contributed by atoms with Crippen molar-refractivity contribution in [1.82, 2.24) is 19.6 Å². The number of halogens is 2. The number of ether oxygens (including phenoxy) is 1. The van der Waals surface area contributed by atoms with Crippen molar-refractivity contribution in [3.8, 4) is 11.4 Å². The zero-order valence-electron chi connectivity index (χ0n) is 22.5. The number of aromatic nitrogens is 2. The molecule has 0 spiro atoms. The third-order valence-corrected chi connectivity index (χ3v) is 8.01. The maximum absolute atomic E-state index is 13.9. The van der Waals surface area contributed by atoms with Crippen LogP contribution in [0.1, 0.15) is 52.7 Å². The summed E-state index contributed by atoms with van der Waals surface area (Å²) in [5.41, 5.74) is 3.21. The Bertz CT molecular complexity index is 1520. The molecular formula is C32H30F2N4O3. The number of nitrogens with zero attached hydrogens (tertiary/aromatic N) is 4. The third kappa shape index (κ3) is 5.70. The van der Waals surface area contributed by atoms with Crippen LogP contribution in [0.3, 0.4) is 0 Å². The molecule has 9 heteroatoms. The molecule has 0 N–H and O–H groups in total. The fourth-order valence-electron chi connectivity index (χ4n) is 5.82. The lowest BCUT2D eigenvalue weighted by Crippen LogP contribution is -2.40. The monoisotopic (exact) mass is 556 g/mol. The Morgan fingerprint density at radius 1 is 0.756 bits per heavy atom. The lowest BCUT2D eigenvalue weighted by Gasteiger charge is -2.32. The van der Waals surface area contributed by atoms with Gasteiger partial charge in [0.1, 0.15) is 17.4 Å². The Labute approximate surface area is 236 Å². The average molecular weight is 557 g/mol. The van der Waals surface area contributed by atoms with E-state index in [4.69, 9.17) is 4.74 Å². The predicted octanol–water partition coefficient (Wildman–Crippen LogP) is 6.16. The standard InChI is InChI=1S/C32H30F2N4O3/c33-25-6-10-27(11-7-25)38-30(23-14-17-36(18-15-23)32(40)41-28-12-8-26(34)9-13-28)29(20-35-38)31(39)37-19-16-24(21-37)22-4-2-1-3-5-22/h1-13,20,23-24H,14-19,21H2/t24-/m0/s1. The molecule has 6 rings (SSSR count). The fraction of sp³-hybridized carbons (Fsp3) is 0.281. The quantitative estimate of drug-likeness (QED) is 0.295. The van der Waals surface area contributed by atoms with Gasteiger partial charge in [0.25, 0.3) is 5.91 Å². The van der Waals surface area contributed by atoms with Crippen LogP contribution in [0.15, 0.2) is 85.1 Å². The molecule has 3 aromatic carbocycles. The van der Waals surface area contributed by atoms with Gasteiger partial charge in [0.15, 0.2) is 0 Å². The molecule has 41 heavy (non-hydrogen) atoms. The molecule has 2 aliphatic rings. The second-order valence-electron chi connectivity index (χ2n) is 10.6. The van der Waals surface area contributed by atoms with Crippen LogP contribution in [-0.2, 0) is 0 Å². The SMILES string of the molecule is O=C(Oc1ccc(F)cc1)N1CCC(c2c(C(=O)N3CC[C@H](c4ccccc4)C3)cnn2-c2ccc(F)cc2)CC1. The van der Waals surface area contributed by atoms with E-state index < -0.39 is 11.9 Å². The second-order valence-corrected chi connectivity index (χ2v) is 10.6. The summed E-state index contributed by atoms with van der Waals surface area (Å²) in [5.74, 6) is -0.311. The van der Waals surface area contributed by atoms with E-state index in [1.165, 1.54) is 42.0 Å². The second kappa shape index (κ2) is 11.5. The highest BCUT2D eigenvalue weighted by Gasteiger charge is 2.35. The summed E-state index contributed by atoms with van der Waals surface area (Å²) in [6.07, 6.45) is 3.21. The maximum atomic E-state index is 13.9. The van der Waals surface area contributed by atoms with Gasteiger partial charge in [-0.25, -0.2) is 18.3 Å². The number of amides is 2. The number of carbonyl (C=O) groups excluding carboxylic acids is 2. The van der Waals surface area contributed by atoms with Gasteiger partial charge in [0.2, 0.25) is 0 Å². The Kier molecular flexibility index (Phi) is 7.50. The summed E-state index contributed by atoms with van der Waals surface area (Å²) in [5, 5.41) is 4.59. The van der Waals surface area contributed by atoms with Gasteiger partial charge in [0.05, 0.1) is 23.1 Å². The van der Waals surface area contributed by atoms with Crippen molar-refractivity contribution >= 4 is 12.0 Å². The van der Waals surface area contributed by atoms with Crippen LogP contribution in [-0.4, -0.2) is 57.8 Å². The van der Waals surface area contributed by atoms with Crippen LogP contribution < -0.4 is 4.74 Å². The van der Waals surface area contributed by atoms with Gasteiger partial charge in [-0.1, -0.05) is 30.3 Å². The number of hydrogen-bond donors (Lipinski definition) is 0. The Morgan fingerprint density at radius 2 is 1.37 bits per heavy atom. The van der Waals surface area contributed by atoms with Crippen LogP contribution in [0.5, 0.6) is 5.75 Å². The topological polar surface area (TPSA) is 67.7 Å². The van der Waals surface area contributed by atoms with E-state index in [1.54, 1.807) is 27.9 Å². The lowest BCUT2D eigenvalue weighted by atomic mass is 9.90. The molecule has 0 aliphatic carbocycles. The normalized spacial score (nSPS) is 17.6. The predicted molar refractivity (Wildman–Crippen MR) is 149 cm³/mol. The molecule has 4 aromatic rings. The summed E-state index contributed by atoms with van der Waals surface area (Å²) >= 11 is 0. The van der Waals surface area contributed by atoms with Crippen LogP contribution in [0.4, 0.5) is 13.6 Å². The molecule has 0 bridgehead atoms. The number of likely N-dealkylation sites (tertiary alicyclic amines) is 2. The molecule has 2 aliphatic heterocycles.